The van der Waals surface area contributed by atoms with Crippen molar-refractivity contribution in [3.8, 4) is 5.75 Å². The number of phenols is 1. The topological polar surface area (TPSA) is 66.7 Å². The number of nitrogens with zero attached hydrogens (tertiary/aromatic N) is 1. The first-order valence-corrected chi connectivity index (χ1v) is 9.04. The number of phenolic OH excluding ortho intramolecular Hbond substituents is 1. The van der Waals surface area contributed by atoms with E-state index in [4.69, 9.17) is 0 Å². The lowest BCUT2D eigenvalue weighted by Gasteiger charge is -2.01. The van der Waals surface area contributed by atoms with E-state index in [-0.39, 0.29) is 15.0 Å². The van der Waals surface area contributed by atoms with Crippen molar-refractivity contribution in [2.45, 2.75) is 4.90 Å². The van der Waals surface area contributed by atoms with Gasteiger partial charge in [-0.05, 0) is 35.9 Å². The molecule has 4 nitrogen and oxygen atoms in total. The summed E-state index contributed by atoms with van der Waals surface area (Å²) < 4.78 is 25.1. The van der Waals surface area contributed by atoms with Gasteiger partial charge in [0.25, 0.3) is 0 Å². The molecule has 0 aromatic heterocycles. The van der Waals surface area contributed by atoms with Gasteiger partial charge in [-0.15, -0.1) is 0 Å². The largest absolute Gasteiger partial charge is 0.508 e. The average molecular weight is 331 g/mol. The van der Waals surface area contributed by atoms with E-state index in [1.165, 1.54) is 11.8 Å². The zero-order valence-corrected chi connectivity index (χ0v) is 13.1. The van der Waals surface area contributed by atoms with Gasteiger partial charge in [0.05, 0.1) is 10.6 Å². The predicted molar refractivity (Wildman–Crippen MR) is 89.6 cm³/mol. The first kappa shape index (κ1) is 14.9. The second-order valence-corrected chi connectivity index (χ2v) is 7.80. The zero-order valence-electron chi connectivity index (χ0n) is 11.5. The highest BCUT2D eigenvalue weighted by molar-refractivity contribution is 8.35. The number of thioether (sulfide) groups is 1. The van der Waals surface area contributed by atoms with Gasteiger partial charge in [-0.1, -0.05) is 42.1 Å². The van der Waals surface area contributed by atoms with Gasteiger partial charge in [0.15, 0.2) is 4.38 Å². The van der Waals surface area contributed by atoms with E-state index < -0.39 is 9.84 Å². The maximum atomic E-state index is 12.5. The van der Waals surface area contributed by atoms with Gasteiger partial charge in [-0.2, -0.15) is 0 Å². The molecule has 1 aliphatic heterocycles. The summed E-state index contributed by atoms with van der Waals surface area (Å²) in [6, 6.07) is 15.0. The van der Waals surface area contributed by atoms with Crippen LogP contribution in [0.15, 0.2) is 70.2 Å². The van der Waals surface area contributed by atoms with Gasteiger partial charge in [-0.25, -0.2) is 13.4 Å². The number of rotatable bonds is 2. The molecule has 0 aliphatic carbocycles. The summed E-state index contributed by atoms with van der Waals surface area (Å²) >= 11 is 1.22. The third-order valence-electron chi connectivity index (χ3n) is 3.09. The number of aromatic hydroxyl groups is 1. The van der Waals surface area contributed by atoms with Gasteiger partial charge >= 0.3 is 0 Å². The van der Waals surface area contributed by atoms with E-state index in [0.717, 1.165) is 5.56 Å². The fourth-order valence-corrected chi connectivity index (χ4v) is 4.63. The Morgan fingerprint density at radius 2 is 1.73 bits per heavy atom. The molecule has 1 N–H and O–H groups in total. The summed E-state index contributed by atoms with van der Waals surface area (Å²) in [4.78, 5) is 4.50. The molecule has 0 spiro atoms. The van der Waals surface area contributed by atoms with Gasteiger partial charge in [-0.3, -0.25) is 0 Å². The summed E-state index contributed by atoms with van der Waals surface area (Å²) in [6.45, 7) is 0. The van der Waals surface area contributed by atoms with Gasteiger partial charge in [0, 0.05) is 5.75 Å². The lowest BCUT2D eigenvalue weighted by Crippen LogP contribution is -2.09. The van der Waals surface area contributed by atoms with Crippen molar-refractivity contribution < 1.29 is 13.5 Å². The van der Waals surface area contributed by atoms with Crippen LogP contribution in [0.4, 0.5) is 0 Å². The quantitative estimate of drug-likeness (QED) is 0.917. The van der Waals surface area contributed by atoms with Crippen LogP contribution >= 0.6 is 11.8 Å². The summed E-state index contributed by atoms with van der Waals surface area (Å²) in [5.41, 5.74) is 1.57. The third kappa shape index (κ3) is 3.08. The second-order valence-electron chi connectivity index (χ2n) is 4.71. The summed E-state index contributed by atoms with van der Waals surface area (Å²) in [7, 11) is -3.54. The molecule has 1 heterocycles. The van der Waals surface area contributed by atoms with Crippen LogP contribution in [0.2, 0.25) is 0 Å². The lowest BCUT2D eigenvalue weighted by molar-refractivity contribution is 0.475. The molecule has 0 bridgehead atoms. The first-order chi connectivity index (χ1) is 10.6. The Morgan fingerprint density at radius 1 is 1.05 bits per heavy atom. The molecule has 0 fully saturated rings. The van der Waals surface area contributed by atoms with E-state index in [1.54, 1.807) is 54.6 Å². The highest BCUT2D eigenvalue weighted by Crippen LogP contribution is 2.29. The van der Waals surface area contributed by atoms with Crippen molar-refractivity contribution in [2.75, 3.05) is 5.75 Å². The van der Waals surface area contributed by atoms with E-state index >= 15 is 0 Å². The third-order valence-corrected chi connectivity index (χ3v) is 6.32. The number of sulfone groups is 1. The lowest BCUT2D eigenvalue weighted by atomic mass is 10.2. The van der Waals surface area contributed by atoms with Crippen molar-refractivity contribution in [3.05, 3.63) is 65.9 Å². The van der Waals surface area contributed by atoms with Gasteiger partial charge in [0.2, 0.25) is 9.84 Å². The summed E-state index contributed by atoms with van der Waals surface area (Å²) in [6.07, 6.45) is 1.82. The zero-order chi connectivity index (χ0) is 15.6. The molecular formula is C16H13NO3S2. The fourth-order valence-electron chi connectivity index (χ4n) is 1.99. The molecule has 0 amide bonds. The molecule has 0 atom stereocenters. The smallest absolute Gasteiger partial charge is 0.230 e. The van der Waals surface area contributed by atoms with E-state index in [2.05, 4.69) is 4.99 Å². The number of aliphatic imine (C=N–C) groups is 1. The molecule has 3 rings (SSSR count). The molecule has 0 saturated heterocycles. The molecule has 1 aliphatic rings. The van der Waals surface area contributed by atoms with Crippen molar-refractivity contribution >= 4 is 32.1 Å². The highest BCUT2D eigenvalue weighted by Gasteiger charge is 2.27. The minimum Gasteiger partial charge on any atom is -0.508 e. The Morgan fingerprint density at radius 3 is 2.41 bits per heavy atom. The molecule has 0 unspecified atom stereocenters. The van der Waals surface area contributed by atoms with Crippen LogP contribution in [0.1, 0.15) is 5.56 Å². The van der Waals surface area contributed by atoms with Crippen LogP contribution in [0.3, 0.4) is 0 Å². The molecule has 6 heteroatoms. The van der Waals surface area contributed by atoms with Crippen LogP contribution in [-0.4, -0.2) is 23.7 Å². The minimum atomic E-state index is -3.54. The Labute approximate surface area is 133 Å². The van der Waals surface area contributed by atoms with Crippen molar-refractivity contribution in [3.63, 3.8) is 0 Å². The van der Waals surface area contributed by atoms with Crippen LogP contribution in [0.5, 0.6) is 5.75 Å². The number of benzene rings is 2. The maximum Gasteiger partial charge on any atom is 0.230 e. The molecule has 2 aromatic rings. The van der Waals surface area contributed by atoms with Crippen LogP contribution < -0.4 is 0 Å². The van der Waals surface area contributed by atoms with Gasteiger partial charge in [0.1, 0.15) is 5.75 Å². The van der Waals surface area contributed by atoms with Crippen molar-refractivity contribution in [1.29, 1.82) is 0 Å². The molecule has 112 valence electrons. The minimum absolute atomic E-state index is 0.128. The van der Waals surface area contributed by atoms with E-state index in [9.17, 15) is 13.5 Å². The van der Waals surface area contributed by atoms with E-state index in [0.29, 0.717) is 11.4 Å². The van der Waals surface area contributed by atoms with Crippen molar-refractivity contribution in [1.82, 2.24) is 0 Å². The molecular weight excluding hydrogens is 318 g/mol. The average Bonchev–Trinajstić information content (AvgIpc) is 3.00. The summed E-state index contributed by atoms with van der Waals surface area (Å²) in [5.74, 6) is 0.709. The van der Waals surface area contributed by atoms with E-state index in [1.807, 2.05) is 6.08 Å². The highest BCUT2D eigenvalue weighted by atomic mass is 32.3. The summed E-state index contributed by atoms with van der Waals surface area (Å²) in [5, 5.41) is 9.26. The molecule has 22 heavy (non-hydrogen) atoms. The Hall–Kier alpha value is -2.05. The number of hydrogen-bond acceptors (Lipinski definition) is 5. The predicted octanol–water partition coefficient (Wildman–Crippen LogP) is 3.31. The molecule has 2 aromatic carbocycles. The Balaban J connectivity index is 1.90. The standard InChI is InChI=1S/C16H13NO3S2/c18-14-8-6-12(7-9-14)10-13-11-21-16(17-13)22(19,20)15-4-2-1-3-5-15/h1-10,18H,11H2/b13-10-. The first-order valence-electron chi connectivity index (χ1n) is 6.57. The number of hydrogen-bond donors (Lipinski definition) is 1. The monoisotopic (exact) mass is 331 g/mol. The fraction of sp³-hybridized carbons (Fsp3) is 0.0625. The Kier molecular flexibility index (Phi) is 4.04. The Bertz CT molecular complexity index is 839. The normalized spacial score (nSPS) is 16.7. The van der Waals surface area contributed by atoms with Crippen LogP contribution in [-0.2, 0) is 9.84 Å². The van der Waals surface area contributed by atoms with Crippen LogP contribution in [0.25, 0.3) is 6.08 Å². The maximum absolute atomic E-state index is 12.5. The molecule has 0 radical (unpaired) electrons. The SMILES string of the molecule is O=S(=O)(C1=N/C(=C\c2ccc(O)cc2)CS1)c1ccccc1. The van der Waals surface area contributed by atoms with Crippen LogP contribution in [0, 0.1) is 0 Å². The van der Waals surface area contributed by atoms with Gasteiger partial charge < -0.3 is 5.11 Å². The molecule has 0 saturated carbocycles. The van der Waals surface area contributed by atoms with Crippen molar-refractivity contribution in [2.24, 2.45) is 4.99 Å². The second kappa shape index (κ2) is 5.98.